The van der Waals surface area contributed by atoms with Gasteiger partial charge in [0.05, 0.1) is 11.2 Å². The Balaban J connectivity index is 1.34. The van der Waals surface area contributed by atoms with Crippen molar-refractivity contribution in [2.24, 2.45) is 0 Å². The zero-order valence-corrected chi connectivity index (χ0v) is 27.1. The third-order valence-corrected chi connectivity index (χ3v) is 10.2. The minimum atomic E-state index is 0.988. The monoisotopic (exact) mass is 621 g/mol. The van der Waals surface area contributed by atoms with Crippen LogP contribution < -0.4 is 0 Å². The maximum absolute atomic E-state index is 5.15. The van der Waals surface area contributed by atoms with Crippen LogP contribution >= 0.6 is 0 Å². The van der Waals surface area contributed by atoms with Crippen LogP contribution in [0.5, 0.6) is 0 Å². The Morgan fingerprint density at radius 3 is 1.51 bits per heavy atom. The van der Waals surface area contributed by atoms with Crippen molar-refractivity contribution < 1.29 is 0 Å². The number of hydrogen-bond acceptors (Lipinski definition) is 1. The van der Waals surface area contributed by atoms with Crippen LogP contribution in [0.1, 0.15) is 5.56 Å². The molecule has 10 rings (SSSR count). The van der Waals surface area contributed by atoms with E-state index in [-0.39, 0.29) is 0 Å². The summed E-state index contributed by atoms with van der Waals surface area (Å²) >= 11 is 0. The molecule has 0 radical (unpaired) electrons. The van der Waals surface area contributed by atoms with Gasteiger partial charge in [-0.3, -0.25) is 0 Å². The molecule has 0 bridgehead atoms. The van der Waals surface area contributed by atoms with E-state index in [9.17, 15) is 0 Å². The van der Waals surface area contributed by atoms with Crippen LogP contribution in [0, 0.1) is 6.92 Å². The van der Waals surface area contributed by atoms with E-state index in [0.29, 0.717) is 0 Å². The minimum absolute atomic E-state index is 0.988. The van der Waals surface area contributed by atoms with Gasteiger partial charge in [-0.15, -0.1) is 0 Å². The normalized spacial score (nSPS) is 11.8. The Hall–Kier alpha value is -6.31. The molecule has 0 unspecified atom stereocenters. The van der Waals surface area contributed by atoms with Gasteiger partial charge in [0.15, 0.2) is 0 Å². The van der Waals surface area contributed by atoms with Crippen LogP contribution in [-0.4, -0.2) is 4.98 Å². The number of nitrogens with zero attached hydrogens (tertiary/aromatic N) is 1. The Morgan fingerprint density at radius 2 is 0.878 bits per heavy atom. The van der Waals surface area contributed by atoms with Gasteiger partial charge >= 0.3 is 0 Å². The summed E-state index contributed by atoms with van der Waals surface area (Å²) in [6.07, 6.45) is 0. The predicted molar refractivity (Wildman–Crippen MR) is 208 cm³/mol. The van der Waals surface area contributed by atoms with Crippen molar-refractivity contribution in [3.63, 3.8) is 0 Å². The Morgan fingerprint density at radius 1 is 0.347 bits per heavy atom. The number of benzene rings is 8. The van der Waals surface area contributed by atoms with Gasteiger partial charge < -0.3 is 0 Å². The minimum Gasteiger partial charge on any atom is -0.248 e. The molecule has 0 amide bonds. The smallest absolute Gasteiger partial charge is 0.0715 e. The third-order valence-electron chi connectivity index (χ3n) is 10.2. The molecule has 0 N–H and O–H groups in total. The lowest BCUT2D eigenvalue weighted by atomic mass is 9.82. The number of rotatable bonds is 4. The van der Waals surface area contributed by atoms with Gasteiger partial charge in [0, 0.05) is 10.9 Å². The molecular formula is C48H31N. The Kier molecular flexibility index (Phi) is 6.16. The summed E-state index contributed by atoms with van der Waals surface area (Å²) in [7, 11) is 0. The van der Waals surface area contributed by atoms with E-state index in [2.05, 4.69) is 177 Å². The third kappa shape index (κ3) is 4.22. The van der Waals surface area contributed by atoms with Crippen molar-refractivity contribution in [1.82, 2.24) is 4.98 Å². The summed E-state index contributed by atoms with van der Waals surface area (Å²) in [5.74, 6) is 0. The number of hydrogen-bond donors (Lipinski definition) is 0. The van der Waals surface area contributed by atoms with Crippen LogP contribution in [0.15, 0.2) is 170 Å². The van der Waals surface area contributed by atoms with Crippen LogP contribution in [0.25, 0.3) is 99.3 Å². The summed E-state index contributed by atoms with van der Waals surface area (Å²) in [5, 5.41) is 6.32. The van der Waals surface area contributed by atoms with Crippen molar-refractivity contribution in [1.29, 1.82) is 0 Å². The second-order valence-corrected chi connectivity index (χ2v) is 13.1. The lowest BCUT2D eigenvalue weighted by molar-refractivity contribution is 1.38. The molecule has 1 heterocycles. The molecule has 0 fully saturated rings. The van der Waals surface area contributed by atoms with Crippen molar-refractivity contribution in [3.05, 3.63) is 175 Å². The number of aromatic nitrogens is 1. The molecule has 1 aliphatic rings. The Labute approximate surface area is 285 Å². The van der Waals surface area contributed by atoms with Gasteiger partial charge in [0.2, 0.25) is 0 Å². The fourth-order valence-corrected chi connectivity index (χ4v) is 8.16. The molecule has 1 heteroatoms. The first-order chi connectivity index (χ1) is 24.2. The van der Waals surface area contributed by atoms with Crippen LogP contribution in [0.2, 0.25) is 0 Å². The van der Waals surface area contributed by atoms with Gasteiger partial charge in [0.25, 0.3) is 0 Å². The van der Waals surface area contributed by atoms with E-state index in [1.54, 1.807) is 0 Å². The molecule has 49 heavy (non-hydrogen) atoms. The predicted octanol–water partition coefficient (Wildman–Crippen LogP) is 13.2. The molecule has 0 atom stereocenters. The lowest BCUT2D eigenvalue weighted by Gasteiger charge is -2.20. The molecule has 9 aromatic rings. The second kappa shape index (κ2) is 10.9. The zero-order valence-electron chi connectivity index (χ0n) is 27.1. The number of aryl methyl sites for hydroxylation is 1. The molecule has 0 spiro atoms. The lowest BCUT2D eigenvalue weighted by Crippen LogP contribution is -1.93. The van der Waals surface area contributed by atoms with E-state index in [1.807, 2.05) is 0 Å². The summed E-state index contributed by atoms with van der Waals surface area (Å²) < 4.78 is 0. The van der Waals surface area contributed by atoms with Gasteiger partial charge in [-0.25, -0.2) is 4.98 Å². The molecule has 1 aromatic heterocycles. The van der Waals surface area contributed by atoms with Crippen molar-refractivity contribution in [3.8, 4) is 66.9 Å². The standard InChI is InChI=1S/C48H31N/c1-30-24-27-42-41(28-30)40(29-43(49-42)31-14-5-2-6-15-31)34-25-26-39-46-35(34)22-13-23-38(46)47-44(32-16-7-3-8-17-32)36-20-11-12-21-37(36)45(48(39)47)33-18-9-4-10-19-33/h2-29H,1H3. The molecule has 0 aliphatic heterocycles. The van der Waals surface area contributed by atoms with E-state index in [0.717, 1.165) is 16.8 Å². The molecule has 1 nitrogen and oxygen atoms in total. The summed E-state index contributed by atoms with van der Waals surface area (Å²) in [4.78, 5) is 5.15. The quantitative estimate of drug-likeness (QED) is 0.191. The highest BCUT2D eigenvalue weighted by atomic mass is 14.7. The highest BCUT2D eigenvalue weighted by Gasteiger charge is 2.31. The number of pyridine rings is 1. The highest BCUT2D eigenvalue weighted by Crippen LogP contribution is 2.58. The van der Waals surface area contributed by atoms with Crippen LogP contribution in [-0.2, 0) is 0 Å². The van der Waals surface area contributed by atoms with Crippen molar-refractivity contribution in [2.45, 2.75) is 6.92 Å². The fraction of sp³-hybridized carbons (Fsp3) is 0.0208. The van der Waals surface area contributed by atoms with Gasteiger partial charge in [-0.2, -0.15) is 0 Å². The first-order valence-corrected chi connectivity index (χ1v) is 17.0. The van der Waals surface area contributed by atoms with Crippen LogP contribution in [0.3, 0.4) is 0 Å². The summed E-state index contributed by atoms with van der Waals surface area (Å²) in [6, 6.07) is 61.9. The average molecular weight is 622 g/mol. The average Bonchev–Trinajstić information content (AvgIpc) is 3.49. The summed E-state index contributed by atoms with van der Waals surface area (Å²) in [6.45, 7) is 2.17. The van der Waals surface area contributed by atoms with E-state index in [1.165, 1.54) is 88.1 Å². The largest absolute Gasteiger partial charge is 0.248 e. The van der Waals surface area contributed by atoms with Crippen molar-refractivity contribution in [2.75, 3.05) is 0 Å². The maximum atomic E-state index is 5.15. The van der Waals surface area contributed by atoms with Gasteiger partial charge in [-0.1, -0.05) is 157 Å². The van der Waals surface area contributed by atoms with E-state index in [4.69, 9.17) is 4.98 Å². The fourth-order valence-electron chi connectivity index (χ4n) is 8.16. The van der Waals surface area contributed by atoms with Crippen LogP contribution in [0.4, 0.5) is 0 Å². The number of fused-ring (bicyclic) bond motifs is 5. The molecule has 8 aromatic carbocycles. The maximum Gasteiger partial charge on any atom is 0.0715 e. The molecule has 1 aliphatic carbocycles. The van der Waals surface area contributed by atoms with E-state index >= 15 is 0 Å². The van der Waals surface area contributed by atoms with Gasteiger partial charge in [0.1, 0.15) is 0 Å². The first kappa shape index (κ1) is 27.8. The zero-order chi connectivity index (χ0) is 32.5. The highest BCUT2D eigenvalue weighted by molar-refractivity contribution is 6.29. The second-order valence-electron chi connectivity index (χ2n) is 13.1. The molecule has 0 saturated carbocycles. The molecule has 0 saturated heterocycles. The van der Waals surface area contributed by atoms with Crippen molar-refractivity contribution >= 4 is 32.4 Å². The topological polar surface area (TPSA) is 12.9 Å². The van der Waals surface area contributed by atoms with E-state index < -0.39 is 0 Å². The first-order valence-electron chi connectivity index (χ1n) is 17.0. The SMILES string of the molecule is Cc1ccc2nc(-c3ccccc3)cc(-c3ccc4c5c(cccc35)-c3c-4c(-c4ccccc4)c4ccccc4c3-c3ccccc3)c2c1. The van der Waals surface area contributed by atoms with Gasteiger partial charge in [-0.05, 0) is 102 Å². The Bertz CT molecular complexity index is 2650. The molecular weight excluding hydrogens is 591 g/mol. The molecule has 228 valence electrons. The summed E-state index contributed by atoms with van der Waals surface area (Å²) in [5.41, 5.74) is 17.1.